The van der Waals surface area contributed by atoms with Gasteiger partial charge in [-0.1, -0.05) is 29.5 Å². The Labute approximate surface area is 117 Å². The molecule has 0 fully saturated rings. The second-order valence-corrected chi connectivity index (χ2v) is 5.14. The number of hydrogen-bond donors (Lipinski definition) is 1. The van der Waals surface area contributed by atoms with Crippen LogP contribution in [0.15, 0.2) is 41.8 Å². The van der Waals surface area contributed by atoms with Gasteiger partial charge in [-0.3, -0.25) is 4.79 Å². The molecule has 0 aliphatic carbocycles. The zero-order chi connectivity index (χ0) is 13.7. The first-order valence-corrected chi connectivity index (χ1v) is 7.18. The molecule has 1 aromatic carbocycles. The first kappa shape index (κ1) is 13.7. The Hall–Kier alpha value is -1.75. The minimum Gasteiger partial charge on any atom is -0.326 e. The van der Waals surface area contributed by atoms with Gasteiger partial charge in [0.2, 0.25) is 5.91 Å². The zero-order valence-electron chi connectivity index (χ0n) is 11.1. The fourth-order valence-electron chi connectivity index (χ4n) is 1.64. The number of carbonyl (C=O) groups is 1. The molecular weight excluding hydrogens is 258 g/mol. The Balaban J connectivity index is 1.86. The topological polar surface area (TPSA) is 46.9 Å². The highest BCUT2D eigenvalue weighted by Gasteiger charge is 2.07. The van der Waals surface area contributed by atoms with Crippen molar-refractivity contribution in [3.63, 3.8) is 0 Å². The van der Waals surface area contributed by atoms with E-state index in [-0.39, 0.29) is 5.91 Å². The second kappa shape index (κ2) is 6.43. The van der Waals surface area contributed by atoms with Gasteiger partial charge in [0, 0.05) is 24.6 Å². The fourth-order valence-corrected chi connectivity index (χ4v) is 2.46. The van der Waals surface area contributed by atoms with Crippen molar-refractivity contribution < 1.29 is 4.79 Å². The number of thioether (sulfide) groups is 1. The zero-order valence-corrected chi connectivity index (χ0v) is 11.9. The Morgan fingerprint density at radius 1 is 1.37 bits per heavy atom. The lowest BCUT2D eigenvalue weighted by Gasteiger charge is -2.06. The predicted octanol–water partition coefficient (Wildman–Crippen LogP) is 2.94. The molecule has 1 amide bonds. The number of imidazole rings is 1. The lowest BCUT2D eigenvalue weighted by atomic mass is 10.2. The number of rotatable bonds is 5. The van der Waals surface area contributed by atoms with Crippen LogP contribution < -0.4 is 5.32 Å². The van der Waals surface area contributed by atoms with E-state index in [1.165, 1.54) is 17.3 Å². The van der Waals surface area contributed by atoms with Crippen molar-refractivity contribution in [3.8, 4) is 0 Å². The number of aryl methyl sites for hydroxylation is 2. The second-order valence-electron chi connectivity index (χ2n) is 4.20. The van der Waals surface area contributed by atoms with Crippen LogP contribution in [0.25, 0.3) is 0 Å². The van der Waals surface area contributed by atoms with Crippen molar-refractivity contribution in [1.82, 2.24) is 9.55 Å². The summed E-state index contributed by atoms with van der Waals surface area (Å²) in [4.78, 5) is 16.0. The minimum atomic E-state index is -0.0143. The molecular formula is C14H17N3OS. The maximum atomic E-state index is 11.8. The van der Waals surface area contributed by atoms with E-state index in [9.17, 15) is 4.79 Å². The molecule has 100 valence electrons. The molecule has 0 saturated carbocycles. The van der Waals surface area contributed by atoms with Crippen LogP contribution in [0.1, 0.15) is 12.5 Å². The smallest absolute Gasteiger partial charge is 0.234 e. The molecule has 2 rings (SSSR count). The highest BCUT2D eigenvalue weighted by atomic mass is 32.2. The Morgan fingerprint density at radius 2 is 2.11 bits per heavy atom. The minimum absolute atomic E-state index is 0.0143. The predicted molar refractivity (Wildman–Crippen MR) is 78.4 cm³/mol. The van der Waals surface area contributed by atoms with E-state index in [2.05, 4.69) is 17.2 Å². The van der Waals surface area contributed by atoms with E-state index < -0.39 is 0 Å². The van der Waals surface area contributed by atoms with E-state index in [0.717, 1.165) is 17.4 Å². The number of hydrogen-bond acceptors (Lipinski definition) is 3. The molecule has 1 aromatic heterocycles. The van der Waals surface area contributed by atoms with Crippen LogP contribution in [0.3, 0.4) is 0 Å². The van der Waals surface area contributed by atoms with Gasteiger partial charge >= 0.3 is 0 Å². The third kappa shape index (κ3) is 3.86. The van der Waals surface area contributed by atoms with Crippen LogP contribution >= 0.6 is 11.8 Å². The van der Waals surface area contributed by atoms with Gasteiger partial charge in [0.05, 0.1) is 5.75 Å². The van der Waals surface area contributed by atoms with Gasteiger partial charge in [-0.05, 0) is 26.0 Å². The molecule has 0 bridgehead atoms. The van der Waals surface area contributed by atoms with E-state index in [1.54, 1.807) is 6.20 Å². The monoisotopic (exact) mass is 275 g/mol. The molecule has 0 unspecified atom stereocenters. The molecule has 0 radical (unpaired) electrons. The Bertz CT molecular complexity index is 548. The summed E-state index contributed by atoms with van der Waals surface area (Å²) in [6.07, 6.45) is 3.67. The Morgan fingerprint density at radius 3 is 2.79 bits per heavy atom. The summed E-state index contributed by atoms with van der Waals surface area (Å²) >= 11 is 1.45. The lowest BCUT2D eigenvalue weighted by molar-refractivity contribution is -0.113. The number of carbonyl (C=O) groups excluding carboxylic acids is 1. The normalized spacial score (nSPS) is 10.4. The van der Waals surface area contributed by atoms with E-state index in [4.69, 9.17) is 0 Å². The number of amides is 1. The third-order valence-electron chi connectivity index (χ3n) is 2.69. The van der Waals surface area contributed by atoms with Crippen LogP contribution in [0.4, 0.5) is 5.69 Å². The van der Waals surface area contributed by atoms with Crippen LogP contribution in [0, 0.1) is 6.92 Å². The molecule has 1 N–H and O–H groups in total. The molecule has 0 aliphatic rings. The van der Waals surface area contributed by atoms with Crippen molar-refractivity contribution in [2.24, 2.45) is 0 Å². The molecule has 0 aliphatic heterocycles. The summed E-state index contributed by atoms with van der Waals surface area (Å²) in [5.74, 6) is 0.352. The average molecular weight is 275 g/mol. The number of nitrogens with one attached hydrogen (secondary N) is 1. The SMILES string of the molecule is CCn1ccnc1SCC(=O)Nc1ccc(C)cc1. The van der Waals surface area contributed by atoms with Gasteiger partial charge in [-0.2, -0.15) is 0 Å². The molecule has 19 heavy (non-hydrogen) atoms. The average Bonchev–Trinajstić information content (AvgIpc) is 2.86. The quantitative estimate of drug-likeness (QED) is 0.853. The lowest BCUT2D eigenvalue weighted by Crippen LogP contribution is -2.14. The maximum Gasteiger partial charge on any atom is 0.234 e. The molecule has 0 saturated heterocycles. The van der Waals surface area contributed by atoms with E-state index in [1.807, 2.05) is 42.0 Å². The largest absolute Gasteiger partial charge is 0.326 e. The number of benzene rings is 1. The standard InChI is InChI=1S/C14H17N3OS/c1-3-17-9-8-15-14(17)19-10-13(18)16-12-6-4-11(2)5-7-12/h4-9H,3,10H2,1-2H3,(H,16,18). The Kier molecular flexibility index (Phi) is 4.63. The summed E-state index contributed by atoms with van der Waals surface area (Å²) < 4.78 is 2.02. The molecule has 2 aromatic rings. The summed E-state index contributed by atoms with van der Waals surface area (Å²) in [7, 11) is 0. The van der Waals surface area contributed by atoms with Crippen LogP contribution in [0.2, 0.25) is 0 Å². The van der Waals surface area contributed by atoms with Crippen LogP contribution in [0.5, 0.6) is 0 Å². The van der Waals surface area contributed by atoms with Crippen molar-refractivity contribution in [3.05, 3.63) is 42.2 Å². The fraction of sp³-hybridized carbons (Fsp3) is 0.286. The summed E-state index contributed by atoms with van der Waals surface area (Å²) in [6, 6.07) is 7.77. The third-order valence-corrected chi connectivity index (χ3v) is 3.69. The number of aromatic nitrogens is 2. The van der Waals surface area contributed by atoms with E-state index in [0.29, 0.717) is 5.75 Å². The maximum absolute atomic E-state index is 11.8. The van der Waals surface area contributed by atoms with E-state index >= 15 is 0 Å². The van der Waals surface area contributed by atoms with Crippen LogP contribution in [-0.2, 0) is 11.3 Å². The number of anilines is 1. The van der Waals surface area contributed by atoms with Crippen LogP contribution in [-0.4, -0.2) is 21.2 Å². The highest BCUT2D eigenvalue weighted by molar-refractivity contribution is 7.99. The summed E-state index contributed by atoms with van der Waals surface area (Å²) in [5, 5.41) is 3.75. The van der Waals surface area contributed by atoms with Crippen molar-refractivity contribution >= 4 is 23.4 Å². The first-order valence-electron chi connectivity index (χ1n) is 6.19. The van der Waals surface area contributed by atoms with Gasteiger partial charge in [0.1, 0.15) is 0 Å². The van der Waals surface area contributed by atoms with Crippen molar-refractivity contribution in [2.75, 3.05) is 11.1 Å². The van der Waals surface area contributed by atoms with Gasteiger partial charge < -0.3 is 9.88 Å². The molecule has 5 heteroatoms. The van der Waals surface area contributed by atoms with Gasteiger partial charge in [-0.25, -0.2) is 4.98 Å². The summed E-state index contributed by atoms with van der Waals surface area (Å²) in [6.45, 7) is 4.94. The molecule has 0 spiro atoms. The van der Waals surface area contributed by atoms with Crippen molar-refractivity contribution in [2.45, 2.75) is 25.5 Å². The molecule has 0 atom stereocenters. The highest BCUT2D eigenvalue weighted by Crippen LogP contribution is 2.16. The molecule has 1 heterocycles. The van der Waals surface area contributed by atoms with Gasteiger partial charge in [0.15, 0.2) is 5.16 Å². The summed E-state index contributed by atoms with van der Waals surface area (Å²) in [5.41, 5.74) is 2.01. The van der Waals surface area contributed by atoms with Gasteiger partial charge in [0.25, 0.3) is 0 Å². The van der Waals surface area contributed by atoms with Crippen molar-refractivity contribution in [1.29, 1.82) is 0 Å². The van der Waals surface area contributed by atoms with Gasteiger partial charge in [-0.15, -0.1) is 0 Å². The number of nitrogens with zero attached hydrogens (tertiary/aromatic N) is 2. The first-order chi connectivity index (χ1) is 9.19. The molecule has 4 nitrogen and oxygen atoms in total.